The first kappa shape index (κ1) is 9.27. The van der Waals surface area contributed by atoms with E-state index in [-0.39, 0.29) is 18.4 Å². The van der Waals surface area contributed by atoms with Crippen LogP contribution in [0.2, 0.25) is 0 Å². The Kier molecular flexibility index (Phi) is 2.54. The van der Waals surface area contributed by atoms with Gasteiger partial charge in [0.05, 0.1) is 18.7 Å². The van der Waals surface area contributed by atoms with Gasteiger partial charge in [0, 0.05) is 0 Å². The van der Waals surface area contributed by atoms with Crippen LogP contribution >= 0.6 is 0 Å². The van der Waals surface area contributed by atoms with Crippen molar-refractivity contribution in [2.75, 3.05) is 6.54 Å². The third-order valence-electron chi connectivity index (χ3n) is 2.64. The molecule has 1 aromatic rings. The van der Waals surface area contributed by atoms with Crippen LogP contribution in [0, 0.1) is 5.92 Å². The summed E-state index contributed by atoms with van der Waals surface area (Å²) in [6.45, 7) is 0.864. The van der Waals surface area contributed by atoms with Crippen molar-refractivity contribution in [2.45, 2.75) is 18.9 Å². The molecule has 2 atom stereocenters. The Bertz CT molecular complexity index is 307. The molecular weight excluding hydrogens is 182 g/mol. The van der Waals surface area contributed by atoms with Crippen molar-refractivity contribution in [1.82, 2.24) is 5.32 Å². The minimum Gasteiger partial charge on any atom is -0.481 e. The maximum absolute atomic E-state index is 10.6. The van der Waals surface area contributed by atoms with Gasteiger partial charge in [0.2, 0.25) is 0 Å². The molecule has 0 amide bonds. The average Bonchev–Trinajstić information content (AvgIpc) is 2.70. The van der Waals surface area contributed by atoms with E-state index in [2.05, 4.69) is 5.32 Å². The molecule has 2 rings (SSSR count). The molecule has 1 aliphatic rings. The van der Waals surface area contributed by atoms with Crippen LogP contribution < -0.4 is 5.32 Å². The van der Waals surface area contributed by atoms with Gasteiger partial charge in [-0.05, 0) is 31.0 Å². The number of nitrogens with one attached hydrogen (secondary N) is 1. The van der Waals surface area contributed by atoms with Gasteiger partial charge in [0.1, 0.15) is 5.76 Å². The van der Waals surface area contributed by atoms with Gasteiger partial charge in [-0.25, -0.2) is 0 Å². The second kappa shape index (κ2) is 3.84. The summed E-state index contributed by atoms with van der Waals surface area (Å²) in [6, 6.07) is 3.78. The Morgan fingerprint density at radius 3 is 3.21 bits per heavy atom. The topological polar surface area (TPSA) is 62.5 Å². The fraction of sp³-hybridized carbons (Fsp3) is 0.500. The molecule has 1 aliphatic heterocycles. The molecule has 4 heteroatoms. The Morgan fingerprint density at radius 1 is 1.71 bits per heavy atom. The van der Waals surface area contributed by atoms with E-state index in [9.17, 15) is 4.79 Å². The predicted molar refractivity (Wildman–Crippen MR) is 49.8 cm³/mol. The van der Waals surface area contributed by atoms with Crippen LogP contribution in [0.1, 0.15) is 24.6 Å². The van der Waals surface area contributed by atoms with E-state index in [1.807, 2.05) is 12.1 Å². The van der Waals surface area contributed by atoms with Crippen molar-refractivity contribution in [3.8, 4) is 0 Å². The lowest BCUT2D eigenvalue weighted by molar-refractivity contribution is -0.138. The summed E-state index contributed by atoms with van der Waals surface area (Å²) in [5, 5.41) is 12.0. The standard InChI is InChI=1S/C10H13NO3/c12-9(13)6-7-3-4-11-10(7)8-2-1-5-14-8/h1-2,5,7,10-11H,3-4,6H2,(H,12,13)/t7-,10+/m1/s1. The lowest BCUT2D eigenvalue weighted by atomic mass is 9.95. The molecule has 76 valence electrons. The second-order valence-corrected chi connectivity index (χ2v) is 3.59. The van der Waals surface area contributed by atoms with Gasteiger partial charge in [-0.3, -0.25) is 4.79 Å². The van der Waals surface area contributed by atoms with Crippen molar-refractivity contribution >= 4 is 5.97 Å². The van der Waals surface area contributed by atoms with Crippen molar-refractivity contribution in [2.24, 2.45) is 5.92 Å². The molecule has 0 spiro atoms. The number of hydrogen-bond acceptors (Lipinski definition) is 3. The molecule has 0 saturated carbocycles. The Labute approximate surface area is 81.9 Å². The average molecular weight is 195 g/mol. The monoisotopic (exact) mass is 195 g/mol. The quantitative estimate of drug-likeness (QED) is 0.765. The number of aliphatic carboxylic acids is 1. The first-order chi connectivity index (χ1) is 6.77. The molecule has 0 radical (unpaired) electrons. The molecule has 0 aliphatic carbocycles. The fourth-order valence-corrected chi connectivity index (χ4v) is 2.00. The van der Waals surface area contributed by atoms with Crippen LogP contribution in [-0.2, 0) is 4.79 Å². The maximum Gasteiger partial charge on any atom is 0.303 e. The third-order valence-corrected chi connectivity index (χ3v) is 2.64. The summed E-state index contributed by atoms with van der Waals surface area (Å²) in [5.74, 6) is 0.252. The molecule has 0 unspecified atom stereocenters. The van der Waals surface area contributed by atoms with Crippen LogP contribution in [0.4, 0.5) is 0 Å². The highest BCUT2D eigenvalue weighted by Crippen LogP contribution is 2.31. The van der Waals surface area contributed by atoms with Crippen molar-refractivity contribution in [3.63, 3.8) is 0 Å². The van der Waals surface area contributed by atoms with Gasteiger partial charge in [0.15, 0.2) is 0 Å². The number of carbonyl (C=O) groups is 1. The molecule has 1 aromatic heterocycles. The fourth-order valence-electron chi connectivity index (χ4n) is 2.00. The van der Waals surface area contributed by atoms with E-state index in [1.54, 1.807) is 6.26 Å². The van der Waals surface area contributed by atoms with Crippen LogP contribution in [0.15, 0.2) is 22.8 Å². The zero-order valence-corrected chi connectivity index (χ0v) is 7.77. The van der Waals surface area contributed by atoms with Crippen molar-refractivity contribution in [3.05, 3.63) is 24.2 Å². The SMILES string of the molecule is O=C(O)C[C@H]1CCN[C@@H]1c1ccco1. The zero-order chi connectivity index (χ0) is 9.97. The summed E-state index contributed by atoms with van der Waals surface area (Å²) in [5.41, 5.74) is 0. The van der Waals surface area contributed by atoms with Gasteiger partial charge in [-0.2, -0.15) is 0 Å². The molecule has 0 bridgehead atoms. The molecule has 0 aromatic carbocycles. The van der Waals surface area contributed by atoms with Gasteiger partial charge in [0.25, 0.3) is 0 Å². The largest absolute Gasteiger partial charge is 0.481 e. The first-order valence-corrected chi connectivity index (χ1v) is 4.76. The Balaban J connectivity index is 2.07. The van der Waals surface area contributed by atoms with E-state index in [1.165, 1.54) is 0 Å². The molecule has 1 fully saturated rings. The summed E-state index contributed by atoms with van der Waals surface area (Å²) in [4.78, 5) is 10.6. The number of hydrogen-bond donors (Lipinski definition) is 2. The van der Waals surface area contributed by atoms with Gasteiger partial charge >= 0.3 is 5.97 Å². The van der Waals surface area contributed by atoms with Gasteiger partial charge in [-0.15, -0.1) is 0 Å². The summed E-state index contributed by atoms with van der Waals surface area (Å²) in [6.07, 6.45) is 2.73. The predicted octanol–water partition coefficient (Wildman–Crippen LogP) is 1.40. The summed E-state index contributed by atoms with van der Waals surface area (Å²) in [7, 11) is 0. The molecule has 2 N–H and O–H groups in total. The first-order valence-electron chi connectivity index (χ1n) is 4.76. The minimum absolute atomic E-state index is 0.0705. The molecule has 4 nitrogen and oxygen atoms in total. The van der Waals surface area contributed by atoms with Crippen molar-refractivity contribution < 1.29 is 14.3 Å². The van der Waals surface area contributed by atoms with E-state index in [0.29, 0.717) is 0 Å². The van der Waals surface area contributed by atoms with E-state index < -0.39 is 5.97 Å². The van der Waals surface area contributed by atoms with Gasteiger partial charge < -0.3 is 14.8 Å². The Hall–Kier alpha value is -1.29. The second-order valence-electron chi connectivity index (χ2n) is 3.59. The van der Waals surface area contributed by atoms with Gasteiger partial charge in [-0.1, -0.05) is 0 Å². The highest BCUT2D eigenvalue weighted by atomic mass is 16.4. The normalized spacial score (nSPS) is 26.6. The molecule has 2 heterocycles. The maximum atomic E-state index is 10.6. The highest BCUT2D eigenvalue weighted by molar-refractivity contribution is 5.67. The smallest absolute Gasteiger partial charge is 0.303 e. The number of furan rings is 1. The minimum atomic E-state index is -0.741. The van der Waals surface area contributed by atoms with Crippen LogP contribution in [0.25, 0.3) is 0 Å². The zero-order valence-electron chi connectivity index (χ0n) is 7.77. The number of carboxylic acids is 1. The highest BCUT2D eigenvalue weighted by Gasteiger charge is 2.31. The van der Waals surface area contributed by atoms with E-state index in [4.69, 9.17) is 9.52 Å². The van der Waals surface area contributed by atoms with Crippen LogP contribution in [-0.4, -0.2) is 17.6 Å². The molecule has 14 heavy (non-hydrogen) atoms. The number of carboxylic acid groups (broad SMARTS) is 1. The number of rotatable bonds is 3. The van der Waals surface area contributed by atoms with Crippen LogP contribution in [0.5, 0.6) is 0 Å². The Morgan fingerprint density at radius 2 is 2.57 bits per heavy atom. The third kappa shape index (κ3) is 1.80. The van der Waals surface area contributed by atoms with E-state index in [0.717, 1.165) is 18.7 Å². The molecule has 1 saturated heterocycles. The molecular formula is C10H13NO3. The lowest BCUT2D eigenvalue weighted by Crippen LogP contribution is -2.19. The summed E-state index contributed by atoms with van der Waals surface area (Å²) >= 11 is 0. The summed E-state index contributed by atoms with van der Waals surface area (Å²) < 4.78 is 5.27. The lowest BCUT2D eigenvalue weighted by Gasteiger charge is -2.14. The van der Waals surface area contributed by atoms with Crippen molar-refractivity contribution in [1.29, 1.82) is 0 Å². The van der Waals surface area contributed by atoms with E-state index >= 15 is 0 Å². The van der Waals surface area contributed by atoms with Crippen LogP contribution in [0.3, 0.4) is 0 Å².